The molecule has 1 atom stereocenters. The molecule has 62 valence electrons. The monoisotopic (exact) mass is 300 g/mol. The van der Waals surface area contributed by atoms with Gasteiger partial charge in [0.15, 0.2) is 0 Å². The van der Waals surface area contributed by atoms with E-state index in [-0.39, 0.29) is 6.61 Å². The van der Waals surface area contributed by atoms with E-state index >= 15 is 0 Å². The molecule has 0 aromatic carbocycles. The quantitative estimate of drug-likeness (QED) is 0.880. The maximum absolute atomic E-state index is 9.19. The van der Waals surface area contributed by atoms with E-state index in [1.165, 1.54) is 11.3 Å². The summed E-state index contributed by atoms with van der Waals surface area (Å²) in [6.07, 6.45) is -0.761. The zero-order valence-corrected chi connectivity index (χ0v) is 9.41. The van der Waals surface area contributed by atoms with Crippen LogP contribution in [-0.4, -0.2) is 16.8 Å². The van der Waals surface area contributed by atoms with Crippen LogP contribution >= 0.6 is 43.2 Å². The summed E-state index contributed by atoms with van der Waals surface area (Å²) in [5, 5.41) is 17.8. The molecule has 0 fully saturated rings. The minimum atomic E-state index is -0.761. The van der Waals surface area contributed by atoms with Crippen molar-refractivity contribution in [1.82, 2.24) is 0 Å². The van der Waals surface area contributed by atoms with E-state index < -0.39 is 6.10 Å². The number of thiophene rings is 1. The smallest absolute Gasteiger partial charge is 0.111 e. The summed E-state index contributed by atoms with van der Waals surface area (Å²) in [6.45, 7) is -0.237. The molecule has 0 aliphatic heterocycles. The van der Waals surface area contributed by atoms with Gasteiger partial charge < -0.3 is 10.2 Å². The summed E-state index contributed by atoms with van der Waals surface area (Å²) in [5.41, 5.74) is 0. The molecule has 2 N–H and O–H groups in total. The topological polar surface area (TPSA) is 40.5 Å². The van der Waals surface area contributed by atoms with E-state index in [1.54, 1.807) is 6.07 Å². The van der Waals surface area contributed by atoms with Gasteiger partial charge in [-0.3, -0.25) is 0 Å². The Labute approximate surface area is 85.1 Å². The second kappa shape index (κ2) is 4.00. The van der Waals surface area contributed by atoms with Crippen molar-refractivity contribution in [3.8, 4) is 0 Å². The van der Waals surface area contributed by atoms with Gasteiger partial charge in [-0.15, -0.1) is 11.3 Å². The molecule has 0 aliphatic rings. The average molecular weight is 302 g/mol. The van der Waals surface area contributed by atoms with Crippen LogP contribution in [0, 0.1) is 0 Å². The molecule has 0 amide bonds. The van der Waals surface area contributed by atoms with Gasteiger partial charge in [0.1, 0.15) is 6.10 Å². The van der Waals surface area contributed by atoms with Gasteiger partial charge in [0.25, 0.3) is 0 Å². The molecule has 0 spiro atoms. The highest BCUT2D eigenvalue weighted by atomic mass is 79.9. The Bertz CT molecular complexity index is 229. The Morgan fingerprint density at radius 1 is 1.55 bits per heavy atom. The Morgan fingerprint density at radius 2 is 2.18 bits per heavy atom. The fraction of sp³-hybridized carbons (Fsp3) is 0.333. The largest absolute Gasteiger partial charge is 0.393 e. The molecule has 0 bridgehead atoms. The van der Waals surface area contributed by atoms with E-state index in [0.29, 0.717) is 0 Å². The van der Waals surface area contributed by atoms with Crippen molar-refractivity contribution in [2.75, 3.05) is 6.61 Å². The third-order valence-corrected chi connectivity index (χ3v) is 4.52. The Morgan fingerprint density at radius 3 is 2.55 bits per heavy atom. The summed E-state index contributed by atoms with van der Waals surface area (Å²) in [6, 6.07) is 1.79. The van der Waals surface area contributed by atoms with Crippen molar-refractivity contribution in [1.29, 1.82) is 0 Å². The summed E-state index contributed by atoms with van der Waals surface area (Å²) in [5.74, 6) is 0. The molecule has 1 aromatic heterocycles. The van der Waals surface area contributed by atoms with Gasteiger partial charge in [0.2, 0.25) is 0 Å². The molecule has 2 nitrogen and oxygen atoms in total. The predicted octanol–water partition coefficient (Wildman–Crippen LogP) is 2.30. The van der Waals surface area contributed by atoms with Crippen molar-refractivity contribution in [2.24, 2.45) is 0 Å². The summed E-state index contributed by atoms with van der Waals surface area (Å²) in [7, 11) is 0. The Kier molecular flexibility index (Phi) is 3.52. The second-order valence-electron chi connectivity index (χ2n) is 1.97. The third kappa shape index (κ3) is 2.26. The van der Waals surface area contributed by atoms with Crippen molar-refractivity contribution in [3.05, 3.63) is 19.2 Å². The molecular formula is C6H6Br2O2S. The van der Waals surface area contributed by atoms with E-state index in [2.05, 4.69) is 31.9 Å². The van der Waals surface area contributed by atoms with Crippen LogP contribution in [0.1, 0.15) is 11.0 Å². The van der Waals surface area contributed by atoms with Crippen LogP contribution in [0.5, 0.6) is 0 Å². The molecule has 5 heteroatoms. The maximum atomic E-state index is 9.19. The van der Waals surface area contributed by atoms with Gasteiger partial charge in [-0.2, -0.15) is 0 Å². The Hall–Kier alpha value is 0.580. The normalized spacial score (nSPS) is 13.5. The number of rotatable bonds is 2. The number of aliphatic hydroxyl groups excluding tert-OH is 2. The highest BCUT2D eigenvalue weighted by Crippen LogP contribution is 2.35. The summed E-state index contributed by atoms with van der Waals surface area (Å²) >= 11 is 7.98. The van der Waals surface area contributed by atoms with Crippen LogP contribution < -0.4 is 0 Å². The number of halogens is 2. The lowest BCUT2D eigenvalue weighted by molar-refractivity contribution is 0.0983. The number of hydrogen-bond acceptors (Lipinski definition) is 3. The predicted molar refractivity (Wildman–Crippen MR) is 51.8 cm³/mol. The highest BCUT2D eigenvalue weighted by Gasteiger charge is 2.11. The average Bonchev–Trinajstić information content (AvgIpc) is 2.31. The van der Waals surface area contributed by atoms with Gasteiger partial charge in [0.05, 0.1) is 10.4 Å². The van der Waals surface area contributed by atoms with Gasteiger partial charge in [0, 0.05) is 9.35 Å². The van der Waals surface area contributed by atoms with Gasteiger partial charge in [-0.05, 0) is 37.9 Å². The van der Waals surface area contributed by atoms with Crippen LogP contribution in [0.4, 0.5) is 0 Å². The minimum absolute atomic E-state index is 0.237. The van der Waals surface area contributed by atoms with Crippen LogP contribution in [0.15, 0.2) is 14.3 Å². The van der Waals surface area contributed by atoms with Crippen molar-refractivity contribution in [2.45, 2.75) is 6.10 Å². The van der Waals surface area contributed by atoms with Crippen molar-refractivity contribution >= 4 is 43.2 Å². The van der Waals surface area contributed by atoms with Gasteiger partial charge in [-0.25, -0.2) is 0 Å². The Balaban J connectivity index is 2.88. The molecule has 0 saturated heterocycles. The zero-order valence-electron chi connectivity index (χ0n) is 5.42. The zero-order chi connectivity index (χ0) is 8.43. The van der Waals surface area contributed by atoms with Gasteiger partial charge >= 0.3 is 0 Å². The lowest BCUT2D eigenvalue weighted by Gasteiger charge is -2.00. The van der Waals surface area contributed by atoms with Gasteiger partial charge in [-0.1, -0.05) is 0 Å². The first-order valence-corrected chi connectivity index (χ1v) is 5.29. The molecule has 1 rings (SSSR count). The minimum Gasteiger partial charge on any atom is -0.393 e. The van der Waals surface area contributed by atoms with E-state index in [9.17, 15) is 5.11 Å². The van der Waals surface area contributed by atoms with Crippen LogP contribution in [-0.2, 0) is 0 Å². The molecule has 1 aromatic rings. The van der Waals surface area contributed by atoms with E-state index in [1.807, 2.05) is 0 Å². The molecule has 0 saturated carbocycles. The first-order chi connectivity index (χ1) is 5.15. The lowest BCUT2D eigenvalue weighted by Crippen LogP contribution is -1.98. The van der Waals surface area contributed by atoms with E-state index in [4.69, 9.17) is 5.11 Å². The van der Waals surface area contributed by atoms with Crippen LogP contribution in [0.3, 0.4) is 0 Å². The van der Waals surface area contributed by atoms with Crippen LogP contribution in [0.25, 0.3) is 0 Å². The second-order valence-corrected chi connectivity index (χ2v) is 5.22. The molecule has 0 aliphatic carbocycles. The van der Waals surface area contributed by atoms with Crippen molar-refractivity contribution in [3.63, 3.8) is 0 Å². The third-order valence-electron chi connectivity index (χ3n) is 1.17. The number of hydrogen-bond donors (Lipinski definition) is 2. The molecule has 1 heterocycles. The fourth-order valence-corrected chi connectivity index (χ4v) is 2.68. The standard InChI is InChI=1S/C6H6Br2O2S/c7-3-1-5(4(10)2-9)11-6(3)8/h1,4,9-10H,2H2. The lowest BCUT2D eigenvalue weighted by atomic mass is 10.3. The first kappa shape index (κ1) is 9.67. The fourth-order valence-electron chi connectivity index (χ4n) is 0.618. The number of aliphatic hydroxyl groups is 2. The first-order valence-electron chi connectivity index (χ1n) is 2.88. The molecule has 0 radical (unpaired) electrons. The maximum Gasteiger partial charge on any atom is 0.111 e. The molecular weight excluding hydrogens is 296 g/mol. The summed E-state index contributed by atoms with van der Waals surface area (Å²) < 4.78 is 1.84. The SMILES string of the molecule is OCC(O)c1cc(Br)c(Br)s1. The molecule has 1 unspecified atom stereocenters. The van der Waals surface area contributed by atoms with E-state index in [0.717, 1.165) is 13.1 Å². The summed E-state index contributed by atoms with van der Waals surface area (Å²) in [4.78, 5) is 0.756. The van der Waals surface area contributed by atoms with Crippen molar-refractivity contribution < 1.29 is 10.2 Å². The van der Waals surface area contributed by atoms with Crippen LogP contribution in [0.2, 0.25) is 0 Å². The molecule has 11 heavy (non-hydrogen) atoms. The highest BCUT2D eigenvalue weighted by molar-refractivity contribution is 9.13.